The predicted molar refractivity (Wildman–Crippen MR) is 103 cm³/mol. The molecule has 0 fully saturated rings. The van der Waals surface area contributed by atoms with Crippen LogP contribution >= 0.6 is 7.60 Å². The Morgan fingerprint density at radius 1 is 1.15 bits per heavy atom. The minimum absolute atomic E-state index is 0.0320. The van der Waals surface area contributed by atoms with Crippen molar-refractivity contribution < 1.29 is 23.9 Å². The largest absolute Gasteiger partial charge is 0.356 e. The van der Waals surface area contributed by atoms with Crippen LogP contribution in [0.3, 0.4) is 0 Å². The molecule has 0 saturated heterocycles. The normalized spacial score (nSPS) is 18.1. The van der Waals surface area contributed by atoms with Crippen LogP contribution in [0.5, 0.6) is 0 Å². The van der Waals surface area contributed by atoms with Crippen molar-refractivity contribution in [3.05, 3.63) is 35.4 Å². The van der Waals surface area contributed by atoms with Crippen LogP contribution in [0.15, 0.2) is 29.3 Å². The molecule has 0 radical (unpaired) electrons. The van der Waals surface area contributed by atoms with Crippen molar-refractivity contribution in [2.24, 2.45) is 4.99 Å². The van der Waals surface area contributed by atoms with E-state index in [1.165, 1.54) is 11.1 Å². The lowest BCUT2D eigenvalue weighted by Crippen LogP contribution is -2.25. The Hall–Kier alpha value is -1.78. The number of unbranched alkanes of at least 4 members (excludes halogenated alkanes) is 1. The smallest absolute Gasteiger partial charge is 0.325 e. The lowest BCUT2D eigenvalue weighted by molar-refractivity contribution is -0.121. The molecule has 7 nitrogen and oxygen atoms in total. The first kappa shape index (κ1) is 21.5. The molecule has 0 heterocycles. The van der Waals surface area contributed by atoms with Crippen LogP contribution in [0, 0.1) is 0 Å². The molecule has 148 valence electrons. The maximum Gasteiger partial charge on any atom is 0.325 e. The molecule has 2 rings (SSSR count). The fraction of sp³-hybridized carbons (Fsp3) is 0.579. The van der Waals surface area contributed by atoms with Gasteiger partial charge in [0.15, 0.2) is 0 Å². The van der Waals surface area contributed by atoms with Crippen LogP contribution in [-0.2, 0) is 14.2 Å². The Labute approximate surface area is 159 Å². The number of rotatable bonds is 12. The summed E-state index contributed by atoms with van der Waals surface area (Å²) in [6, 6.07) is 8.44. The zero-order valence-electron chi connectivity index (χ0n) is 15.3. The van der Waals surface area contributed by atoms with E-state index in [9.17, 15) is 14.2 Å². The van der Waals surface area contributed by atoms with Crippen LogP contribution in [-0.4, -0.2) is 41.0 Å². The molecule has 2 unspecified atom stereocenters. The molecule has 0 aromatic heterocycles. The van der Waals surface area contributed by atoms with Crippen molar-refractivity contribution in [2.75, 3.05) is 19.3 Å². The average molecular weight is 394 g/mol. The first-order valence-corrected chi connectivity index (χ1v) is 11.2. The van der Waals surface area contributed by atoms with Gasteiger partial charge < -0.3 is 15.1 Å². The summed E-state index contributed by atoms with van der Waals surface area (Å²) in [5.41, 5.74) is 2.54. The molecule has 1 amide bonds. The molecule has 2 atom stereocenters. The number of hydrogen-bond donors (Lipinski definition) is 3. The highest BCUT2D eigenvalue weighted by Gasteiger charge is 2.30. The zero-order valence-corrected chi connectivity index (χ0v) is 16.2. The molecule has 1 aromatic rings. The third-order valence-electron chi connectivity index (χ3n) is 4.98. The lowest BCUT2D eigenvalue weighted by Gasteiger charge is -2.21. The van der Waals surface area contributed by atoms with Crippen LogP contribution < -0.4 is 5.32 Å². The fourth-order valence-corrected chi connectivity index (χ4v) is 4.34. The number of nitrogens with one attached hydrogen (secondary N) is 1. The maximum absolute atomic E-state index is 12.1. The molecular weight excluding hydrogens is 367 g/mol. The Bertz CT molecular complexity index is 727. The number of carbonyl (C=O) groups is 1. The van der Waals surface area contributed by atoms with Gasteiger partial charge >= 0.3 is 7.60 Å². The number of hydrogen-bond acceptors (Lipinski definition) is 4. The first-order chi connectivity index (χ1) is 12.9. The van der Waals surface area contributed by atoms with Crippen LogP contribution in [0.1, 0.15) is 61.5 Å². The van der Waals surface area contributed by atoms with E-state index in [0.717, 1.165) is 19.3 Å². The summed E-state index contributed by atoms with van der Waals surface area (Å²) in [5, 5.41) is 2.83. The van der Waals surface area contributed by atoms with Gasteiger partial charge in [-0.2, -0.15) is 0 Å². The minimum atomic E-state index is -3.95. The number of aliphatic imine (C=N–C) groups is 1. The molecule has 0 aliphatic heterocycles. The number of isocyanates is 1. The van der Waals surface area contributed by atoms with Crippen molar-refractivity contribution in [3.8, 4) is 0 Å². The average Bonchev–Trinajstić information content (AvgIpc) is 2.85. The van der Waals surface area contributed by atoms with E-state index in [0.29, 0.717) is 44.2 Å². The Morgan fingerprint density at radius 3 is 2.52 bits per heavy atom. The Kier molecular flexibility index (Phi) is 8.39. The van der Waals surface area contributed by atoms with Crippen molar-refractivity contribution in [3.63, 3.8) is 0 Å². The van der Waals surface area contributed by atoms with Gasteiger partial charge in [-0.05, 0) is 55.1 Å². The lowest BCUT2D eigenvalue weighted by atomic mass is 9.84. The molecule has 1 aliphatic rings. The van der Waals surface area contributed by atoms with E-state index in [1.54, 1.807) is 6.08 Å². The summed E-state index contributed by atoms with van der Waals surface area (Å²) < 4.78 is 10.8. The summed E-state index contributed by atoms with van der Waals surface area (Å²) >= 11 is 0. The van der Waals surface area contributed by atoms with Gasteiger partial charge in [0, 0.05) is 19.1 Å². The first-order valence-electron chi connectivity index (χ1n) is 9.35. The highest BCUT2D eigenvalue weighted by molar-refractivity contribution is 7.51. The van der Waals surface area contributed by atoms with Crippen LogP contribution in [0.25, 0.3) is 0 Å². The standard InChI is InChI=1S/C19H27N2O5P/c22-14-20-10-4-7-17-15-5-3-6-16(13-15)18(17)8-9-19(23)21-11-1-2-12-27(24,25)26/h3,5-6,13,17-18H,1-2,4,7-12H2,(H,21,23)(H2,24,25,26). The summed E-state index contributed by atoms with van der Waals surface area (Å²) in [6.45, 7) is 0.919. The van der Waals surface area contributed by atoms with E-state index in [2.05, 4.69) is 28.5 Å². The third kappa shape index (κ3) is 7.39. The topological polar surface area (TPSA) is 116 Å². The Morgan fingerprint density at radius 2 is 1.85 bits per heavy atom. The third-order valence-corrected chi connectivity index (χ3v) is 5.88. The van der Waals surface area contributed by atoms with E-state index in [4.69, 9.17) is 9.79 Å². The summed E-state index contributed by atoms with van der Waals surface area (Å²) in [6.07, 6.45) is 5.29. The molecular formula is C19H27N2O5P. The summed E-state index contributed by atoms with van der Waals surface area (Å²) in [7, 11) is -3.95. The maximum atomic E-state index is 12.1. The fourth-order valence-electron chi connectivity index (χ4n) is 3.70. The molecule has 2 bridgehead atoms. The number of amides is 1. The van der Waals surface area contributed by atoms with Gasteiger partial charge in [0.2, 0.25) is 12.0 Å². The molecule has 1 aromatic carbocycles. The molecule has 0 spiro atoms. The number of benzene rings is 1. The van der Waals surface area contributed by atoms with Crippen LogP contribution in [0.2, 0.25) is 0 Å². The van der Waals surface area contributed by atoms with E-state index < -0.39 is 7.60 Å². The molecule has 27 heavy (non-hydrogen) atoms. The Balaban J connectivity index is 1.74. The number of nitrogens with zero attached hydrogens (tertiary/aromatic N) is 1. The SMILES string of the molecule is O=C=NCCCC1c2cccc(c2)C1CCC(=O)NCCCCP(=O)(O)O. The van der Waals surface area contributed by atoms with Crippen molar-refractivity contribution in [2.45, 2.75) is 50.4 Å². The van der Waals surface area contributed by atoms with Gasteiger partial charge in [-0.15, -0.1) is 0 Å². The number of carbonyl (C=O) groups excluding carboxylic acids is 2. The zero-order chi connectivity index (χ0) is 19.7. The van der Waals surface area contributed by atoms with E-state index in [1.807, 2.05) is 6.07 Å². The van der Waals surface area contributed by atoms with Gasteiger partial charge in [-0.25, -0.2) is 9.79 Å². The monoisotopic (exact) mass is 394 g/mol. The van der Waals surface area contributed by atoms with Gasteiger partial charge in [-0.3, -0.25) is 9.36 Å². The highest BCUT2D eigenvalue weighted by atomic mass is 31.2. The molecule has 0 saturated carbocycles. The van der Waals surface area contributed by atoms with E-state index in [-0.39, 0.29) is 12.1 Å². The molecule has 1 aliphatic carbocycles. The van der Waals surface area contributed by atoms with Crippen molar-refractivity contribution in [1.82, 2.24) is 5.32 Å². The molecule has 8 heteroatoms. The molecule has 3 N–H and O–H groups in total. The second-order valence-corrected chi connectivity index (χ2v) is 8.76. The van der Waals surface area contributed by atoms with Gasteiger partial charge in [0.05, 0.1) is 6.54 Å². The number of fused-ring (bicyclic) bond motifs is 2. The van der Waals surface area contributed by atoms with Crippen molar-refractivity contribution in [1.29, 1.82) is 0 Å². The second-order valence-electron chi connectivity index (χ2n) is 6.98. The summed E-state index contributed by atoms with van der Waals surface area (Å²) in [4.78, 5) is 43.5. The highest BCUT2D eigenvalue weighted by Crippen LogP contribution is 2.45. The quantitative estimate of drug-likeness (QED) is 0.218. The second kappa shape index (κ2) is 10.5. The van der Waals surface area contributed by atoms with Gasteiger partial charge in [0.25, 0.3) is 0 Å². The summed E-state index contributed by atoms with van der Waals surface area (Å²) in [5.74, 6) is 0.624. The van der Waals surface area contributed by atoms with Crippen LogP contribution in [0.4, 0.5) is 0 Å². The predicted octanol–water partition coefficient (Wildman–Crippen LogP) is 2.84. The van der Waals surface area contributed by atoms with E-state index >= 15 is 0 Å². The van der Waals surface area contributed by atoms with Gasteiger partial charge in [-0.1, -0.05) is 24.3 Å². The van der Waals surface area contributed by atoms with Crippen molar-refractivity contribution >= 4 is 19.6 Å². The van der Waals surface area contributed by atoms with Gasteiger partial charge in [0.1, 0.15) is 0 Å². The minimum Gasteiger partial charge on any atom is -0.356 e.